The van der Waals surface area contributed by atoms with Crippen molar-refractivity contribution < 1.29 is 9.59 Å². The fourth-order valence-electron chi connectivity index (χ4n) is 2.63. The van der Waals surface area contributed by atoms with Gasteiger partial charge in [0.15, 0.2) is 5.57 Å². The number of thioether (sulfide) groups is 1. The third-order valence-electron chi connectivity index (χ3n) is 3.93. The maximum Gasteiger partial charge on any atom is 0.247 e. The van der Waals surface area contributed by atoms with E-state index in [1.54, 1.807) is 24.3 Å². The second-order valence-electron chi connectivity index (χ2n) is 5.77. The number of hydrogen-bond donors (Lipinski definition) is 1. The van der Waals surface area contributed by atoms with Crippen molar-refractivity contribution in [2.75, 3.05) is 10.2 Å². The Hall–Kier alpha value is -2.82. The molecule has 8 heteroatoms. The number of nitriles is 2. The molecule has 1 aliphatic heterocycles. The van der Waals surface area contributed by atoms with Gasteiger partial charge in [-0.1, -0.05) is 30.0 Å². The third kappa shape index (κ3) is 4.35. The predicted molar refractivity (Wildman–Crippen MR) is 116 cm³/mol. The highest BCUT2D eigenvalue weighted by atomic mass is 127. The molecule has 0 aliphatic carbocycles. The van der Waals surface area contributed by atoms with Crippen molar-refractivity contribution in [2.45, 2.75) is 11.7 Å². The van der Waals surface area contributed by atoms with Gasteiger partial charge in [-0.3, -0.25) is 9.59 Å². The van der Waals surface area contributed by atoms with Gasteiger partial charge in [-0.05, 0) is 59.0 Å². The molecule has 0 bridgehead atoms. The summed E-state index contributed by atoms with van der Waals surface area (Å²) in [6, 6.07) is 19.8. The van der Waals surface area contributed by atoms with E-state index in [4.69, 9.17) is 0 Å². The highest BCUT2D eigenvalue weighted by molar-refractivity contribution is 14.1. The molecule has 2 amide bonds. The van der Waals surface area contributed by atoms with E-state index in [9.17, 15) is 20.1 Å². The van der Waals surface area contributed by atoms with Crippen LogP contribution in [0.2, 0.25) is 0 Å². The number of allylic oxidation sites excluding steroid dienone is 1. The number of amides is 2. The van der Waals surface area contributed by atoms with E-state index in [1.165, 1.54) is 0 Å². The van der Waals surface area contributed by atoms with Gasteiger partial charge < -0.3 is 5.32 Å². The van der Waals surface area contributed by atoms with Crippen molar-refractivity contribution in [1.29, 1.82) is 10.5 Å². The predicted octanol–water partition coefficient (Wildman–Crippen LogP) is 4.03. The average Bonchev–Trinajstić information content (AvgIpc) is 2.97. The number of halogens is 1. The fraction of sp³-hybridized carbons (Fsp3) is 0.100. The van der Waals surface area contributed by atoms with Gasteiger partial charge in [0.2, 0.25) is 11.8 Å². The van der Waals surface area contributed by atoms with E-state index in [0.29, 0.717) is 11.4 Å². The molecule has 138 valence electrons. The molecule has 0 radical (unpaired) electrons. The van der Waals surface area contributed by atoms with Crippen LogP contribution in [-0.2, 0) is 9.59 Å². The van der Waals surface area contributed by atoms with E-state index < -0.39 is 5.25 Å². The molecule has 1 saturated heterocycles. The molecule has 1 unspecified atom stereocenters. The van der Waals surface area contributed by atoms with Crippen molar-refractivity contribution >= 4 is 57.5 Å². The van der Waals surface area contributed by atoms with Crippen molar-refractivity contribution in [3.05, 3.63) is 68.8 Å². The Morgan fingerprint density at radius 1 is 1.07 bits per heavy atom. The van der Waals surface area contributed by atoms with Gasteiger partial charge in [0.25, 0.3) is 0 Å². The van der Waals surface area contributed by atoms with Crippen LogP contribution in [-0.4, -0.2) is 17.1 Å². The van der Waals surface area contributed by atoms with Crippen molar-refractivity contribution in [2.24, 2.45) is 0 Å². The van der Waals surface area contributed by atoms with Gasteiger partial charge in [0, 0.05) is 15.7 Å². The maximum absolute atomic E-state index is 12.9. The molecule has 1 atom stereocenters. The van der Waals surface area contributed by atoms with Crippen LogP contribution in [0.1, 0.15) is 6.42 Å². The van der Waals surface area contributed by atoms with Crippen molar-refractivity contribution in [1.82, 2.24) is 0 Å². The standard InChI is InChI=1S/C20H13IN4O2S/c21-14-6-8-16(9-7-14)25-18(26)10-17(20(25)27)28-19(13(11-22)12-23)24-15-4-2-1-3-5-15/h1-9,17,24H,10H2. The summed E-state index contributed by atoms with van der Waals surface area (Å²) >= 11 is 3.18. The highest BCUT2D eigenvalue weighted by Gasteiger charge is 2.40. The van der Waals surface area contributed by atoms with Gasteiger partial charge in [0.1, 0.15) is 17.2 Å². The molecular formula is C20H13IN4O2S. The molecule has 0 spiro atoms. The van der Waals surface area contributed by atoms with Crippen LogP contribution in [0.15, 0.2) is 65.2 Å². The monoisotopic (exact) mass is 500 g/mol. The second-order valence-corrected chi connectivity index (χ2v) is 8.23. The number of benzene rings is 2. The van der Waals surface area contributed by atoms with Crippen molar-refractivity contribution in [3.8, 4) is 12.1 Å². The second kappa shape index (κ2) is 8.91. The smallest absolute Gasteiger partial charge is 0.247 e. The first-order chi connectivity index (χ1) is 13.5. The van der Waals surface area contributed by atoms with Crippen LogP contribution in [0.3, 0.4) is 0 Å². The van der Waals surface area contributed by atoms with Gasteiger partial charge in [-0.2, -0.15) is 10.5 Å². The lowest BCUT2D eigenvalue weighted by Crippen LogP contribution is -2.31. The number of carbonyl (C=O) groups excluding carboxylic acids is 2. The summed E-state index contributed by atoms with van der Waals surface area (Å²) in [7, 11) is 0. The van der Waals surface area contributed by atoms with Gasteiger partial charge >= 0.3 is 0 Å². The number of imide groups is 1. The molecule has 2 aromatic rings. The van der Waals surface area contributed by atoms with Crippen LogP contribution in [0.25, 0.3) is 0 Å². The number of para-hydroxylation sites is 1. The summed E-state index contributed by atoms with van der Waals surface area (Å²) in [6.07, 6.45) is -0.000404. The minimum atomic E-state index is -0.713. The number of hydrogen-bond acceptors (Lipinski definition) is 6. The first-order valence-corrected chi connectivity index (χ1v) is 10.1. The number of carbonyl (C=O) groups is 2. The Bertz CT molecular complexity index is 1010. The highest BCUT2D eigenvalue weighted by Crippen LogP contribution is 2.35. The van der Waals surface area contributed by atoms with Crippen LogP contribution in [0.4, 0.5) is 11.4 Å². The Balaban J connectivity index is 1.85. The quantitative estimate of drug-likeness (QED) is 0.379. The maximum atomic E-state index is 12.9. The summed E-state index contributed by atoms with van der Waals surface area (Å²) in [5.74, 6) is -0.669. The number of nitrogens with one attached hydrogen (secondary N) is 1. The van der Waals surface area contributed by atoms with E-state index in [2.05, 4.69) is 27.9 Å². The molecule has 3 rings (SSSR count). The molecule has 0 saturated carbocycles. The van der Waals surface area contributed by atoms with E-state index >= 15 is 0 Å². The Morgan fingerprint density at radius 2 is 1.71 bits per heavy atom. The SMILES string of the molecule is N#CC(C#N)=C(Nc1ccccc1)SC1CC(=O)N(c2ccc(I)cc2)C1=O. The summed E-state index contributed by atoms with van der Waals surface area (Å²) in [5, 5.41) is 21.1. The fourth-order valence-corrected chi connectivity index (χ4v) is 4.09. The summed E-state index contributed by atoms with van der Waals surface area (Å²) in [4.78, 5) is 26.5. The minimum absolute atomic E-state index is 0.000404. The van der Waals surface area contributed by atoms with E-state index in [-0.39, 0.29) is 28.8 Å². The minimum Gasteiger partial charge on any atom is -0.349 e. The Kier molecular flexibility index (Phi) is 6.34. The number of anilines is 2. The molecule has 1 heterocycles. The summed E-state index contributed by atoms with van der Waals surface area (Å²) in [6.45, 7) is 0. The van der Waals surface area contributed by atoms with Crippen LogP contribution >= 0.6 is 34.4 Å². The first kappa shape index (κ1) is 19.9. The summed E-state index contributed by atoms with van der Waals surface area (Å²) < 4.78 is 0.997. The largest absolute Gasteiger partial charge is 0.349 e. The molecule has 0 aromatic heterocycles. The van der Waals surface area contributed by atoms with Crippen LogP contribution < -0.4 is 10.2 Å². The Labute approximate surface area is 180 Å². The molecule has 1 aliphatic rings. The van der Waals surface area contributed by atoms with Crippen LogP contribution in [0.5, 0.6) is 0 Å². The molecule has 6 nitrogen and oxygen atoms in total. The van der Waals surface area contributed by atoms with Gasteiger partial charge in [-0.15, -0.1) is 0 Å². The normalized spacial score (nSPS) is 15.7. The zero-order valence-corrected chi connectivity index (χ0v) is 17.4. The third-order valence-corrected chi connectivity index (χ3v) is 5.85. The van der Waals surface area contributed by atoms with Gasteiger partial charge in [0.05, 0.1) is 10.9 Å². The van der Waals surface area contributed by atoms with Gasteiger partial charge in [-0.25, -0.2) is 4.90 Å². The Morgan fingerprint density at radius 3 is 2.32 bits per heavy atom. The first-order valence-electron chi connectivity index (χ1n) is 8.19. The lowest BCUT2D eigenvalue weighted by molar-refractivity contribution is -0.121. The zero-order chi connectivity index (χ0) is 20.1. The average molecular weight is 500 g/mol. The van der Waals surface area contributed by atoms with Crippen LogP contribution in [0, 0.1) is 26.2 Å². The lowest BCUT2D eigenvalue weighted by atomic mass is 10.3. The summed E-state index contributed by atoms with van der Waals surface area (Å²) in [5.41, 5.74) is 1.06. The molecule has 1 N–H and O–H groups in total. The lowest BCUT2D eigenvalue weighted by Gasteiger charge is -2.16. The molecule has 28 heavy (non-hydrogen) atoms. The zero-order valence-electron chi connectivity index (χ0n) is 14.4. The number of rotatable bonds is 5. The molecule has 1 fully saturated rings. The van der Waals surface area contributed by atoms with E-state index in [0.717, 1.165) is 20.2 Å². The van der Waals surface area contributed by atoms with Crippen molar-refractivity contribution in [3.63, 3.8) is 0 Å². The molecular weight excluding hydrogens is 487 g/mol. The van der Waals surface area contributed by atoms with E-state index in [1.807, 2.05) is 42.5 Å². The molecule has 2 aromatic carbocycles. The topological polar surface area (TPSA) is 97.0 Å². The number of nitrogens with zero attached hydrogens (tertiary/aromatic N) is 3.